The van der Waals surface area contributed by atoms with E-state index in [9.17, 15) is 31.5 Å². The zero-order chi connectivity index (χ0) is 67.5. The first-order valence-electron chi connectivity index (χ1n) is 29.2. The lowest BCUT2D eigenvalue weighted by atomic mass is 9.94. The number of nitrogens with two attached hydrogens (primary N) is 1. The number of carbonyl (C=O) groups excluding carboxylic acids is 1. The van der Waals surface area contributed by atoms with Gasteiger partial charge in [-0.3, -0.25) is 19.8 Å². The number of nitrogen functional groups attached to an aromatic ring is 1. The molecule has 2 saturated heterocycles. The Hall–Kier alpha value is -8.88. The van der Waals surface area contributed by atoms with E-state index in [1.165, 1.54) is 36.4 Å². The zero-order valence-corrected chi connectivity index (χ0v) is 55.7. The minimum absolute atomic E-state index is 0.173. The summed E-state index contributed by atoms with van der Waals surface area (Å²) in [6.07, 6.45) is 7.12. The quantitative estimate of drug-likeness (QED) is 0.0313. The van der Waals surface area contributed by atoms with Crippen LogP contribution in [0.1, 0.15) is 46.5 Å². The van der Waals surface area contributed by atoms with Crippen LogP contribution in [0.5, 0.6) is 0 Å². The highest BCUT2D eigenvalue weighted by Gasteiger charge is 2.37. The number of pyridine rings is 4. The Bertz CT molecular complexity index is 3780. The normalized spacial score (nSPS) is 13.7. The first-order chi connectivity index (χ1) is 45.2. The van der Waals surface area contributed by atoms with Crippen molar-refractivity contribution in [3.8, 4) is 0 Å². The minimum Gasteiger partial charge on any atom is -0.480 e. The van der Waals surface area contributed by atoms with Crippen molar-refractivity contribution < 1.29 is 55.2 Å². The molecule has 2 fully saturated rings. The van der Waals surface area contributed by atoms with Crippen molar-refractivity contribution in [2.24, 2.45) is 0 Å². The summed E-state index contributed by atoms with van der Waals surface area (Å²) in [4.78, 5) is 62.8. The predicted molar refractivity (Wildman–Crippen MR) is 365 cm³/mol. The number of carbonyl (C=O) groups is 2. The van der Waals surface area contributed by atoms with Gasteiger partial charge in [-0.1, -0.05) is 78.9 Å². The molecule has 0 bridgehead atoms. The molecule has 0 saturated carbocycles. The van der Waals surface area contributed by atoms with Crippen LogP contribution in [0, 0.1) is 23.8 Å². The van der Waals surface area contributed by atoms with Crippen LogP contribution in [0.2, 0.25) is 0 Å². The van der Waals surface area contributed by atoms with E-state index in [0.717, 1.165) is 17.1 Å². The number of aliphatic carboxylic acids is 1. The number of alkyl halides is 2. The highest BCUT2D eigenvalue weighted by molar-refractivity contribution is 15.0. The van der Waals surface area contributed by atoms with E-state index >= 15 is 4.39 Å². The molecule has 494 valence electrons. The van der Waals surface area contributed by atoms with Gasteiger partial charge in [-0.15, -0.1) is 0 Å². The monoisotopic (exact) mass is 1520 g/mol. The van der Waals surface area contributed by atoms with Gasteiger partial charge in [0.05, 0.1) is 38.0 Å². The second-order valence-electron chi connectivity index (χ2n) is 21.9. The van der Waals surface area contributed by atoms with Gasteiger partial charge in [-0.25, -0.2) is 48.3 Å². The van der Waals surface area contributed by atoms with E-state index in [-0.39, 0.29) is 51.3 Å². The van der Waals surface area contributed by atoms with Crippen molar-refractivity contribution in [3.63, 3.8) is 0 Å². The average Bonchev–Trinajstić information content (AvgIpc) is 0.833. The van der Waals surface area contributed by atoms with Crippen LogP contribution in [0.25, 0.3) is 0 Å². The number of halogens is 8. The van der Waals surface area contributed by atoms with Gasteiger partial charge in [0.1, 0.15) is 65.1 Å². The summed E-state index contributed by atoms with van der Waals surface area (Å²) in [6.45, 7) is 5.58. The number of hydrogen-bond donors (Lipinski definition) is 3. The standard InChI is InChI=1S/C27H31F2N5O3.C23H23F2N5O3.C11H9FN2.C5H5FN2.I2/c1-26(2,3)37-25(35)18-36-19-27(29)12-14-33(15-13-27)23-16-30-17-24(32-23)34(20-8-5-4-6-9-20)22-11-7-10-21(28)31-22;24-18-7-4-8-19(27-18)30(17-5-2-1-3-6-17)21-14-26-13-20(28-21)29-11-9-23(25,10-12-29)16-33-15-22(31)32;12-10-7-4-8-11(14-10)13-9-5-2-1-3-6-9;6-4-2-1-3-5(7)8-4;1-2/h4-11,16-17H,12-15,18-19H2,1-3H3;1-8,13-14H,9-12,15-16H2,(H,31,32);1-8H,(H,13,14);1-3H,(H2,7,8);. The van der Waals surface area contributed by atoms with Crippen molar-refractivity contribution in [1.82, 2.24) is 39.9 Å². The van der Waals surface area contributed by atoms with Crippen LogP contribution in [0.4, 0.5) is 89.9 Å². The van der Waals surface area contributed by atoms with Gasteiger partial charge >= 0.3 is 11.9 Å². The molecule has 11 rings (SSSR count). The molecule has 9 aromatic rings. The number of nitrogens with zero attached hydrogens (tertiary/aromatic N) is 12. The number of carboxylic acids is 1. The number of nitrogens with one attached hydrogen (secondary N) is 1. The summed E-state index contributed by atoms with van der Waals surface area (Å²) in [7, 11) is 0. The zero-order valence-electron chi connectivity index (χ0n) is 51.3. The molecule has 0 atom stereocenters. The van der Waals surface area contributed by atoms with Gasteiger partial charge in [0, 0.05) is 106 Å². The molecule has 0 unspecified atom stereocenters. The molecule has 4 N–H and O–H groups in total. The second kappa shape index (κ2) is 36.0. The summed E-state index contributed by atoms with van der Waals surface area (Å²) >= 11 is 4.24. The van der Waals surface area contributed by atoms with E-state index in [2.05, 4.69) is 72.5 Å². The fourth-order valence-corrected chi connectivity index (χ4v) is 9.32. The number of piperidine rings is 2. The number of rotatable bonds is 18. The highest BCUT2D eigenvalue weighted by atomic mass is 128. The molecule has 2 aliphatic rings. The summed E-state index contributed by atoms with van der Waals surface area (Å²) in [5.74, 6) is -0.411. The van der Waals surface area contributed by atoms with Crippen LogP contribution in [0.15, 0.2) is 189 Å². The van der Waals surface area contributed by atoms with Gasteiger partial charge in [-0.05, 0) is 106 Å². The van der Waals surface area contributed by atoms with Crippen molar-refractivity contribution in [2.75, 3.05) is 83.3 Å². The Balaban J connectivity index is 0.000000198. The van der Waals surface area contributed by atoms with E-state index in [1.807, 2.05) is 101 Å². The van der Waals surface area contributed by atoms with Crippen molar-refractivity contribution >= 4 is 113 Å². The molecule has 6 aromatic heterocycles. The highest BCUT2D eigenvalue weighted by Crippen LogP contribution is 2.36. The molecule has 8 heterocycles. The number of para-hydroxylation sites is 3. The van der Waals surface area contributed by atoms with Crippen molar-refractivity contribution in [3.05, 3.63) is 212 Å². The number of aromatic nitrogens is 8. The third-order valence-electron chi connectivity index (χ3n) is 13.6. The average molecular weight is 1520 g/mol. The molecule has 2 aliphatic heterocycles. The number of esters is 1. The fourth-order valence-electron chi connectivity index (χ4n) is 9.32. The van der Waals surface area contributed by atoms with Crippen LogP contribution in [0.3, 0.4) is 0 Å². The Labute approximate surface area is 563 Å². The van der Waals surface area contributed by atoms with Crippen LogP contribution in [-0.4, -0.2) is 126 Å². The number of carboxylic acid groups (broad SMARTS) is 1. The molecule has 94 heavy (non-hydrogen) atoms. The van der Waals surface area contributed by atoms with Crippen molar-refractivity contribution in [1.29, 1.82) is 0 Å². The molecule has 20 nitrogen and oxygen atoms in total. The lowest BCUT2D eigenvalue weighted by molar-refractivity contribution is -0.161. The topological polar surface area (TPSA) is 236 Å². The van der Waals surface area contributed by atoms with Crippen LogP contribution in [-0.2, 0) is 23.8 Å². The van der Waals surface area contributed by atoms with E-state index < -0.39 is 59.3 Å². The van der Waals surface area contributed by atoms with Gasteiger partial charge in [0.15, 0.2) is 11.6 Å². The molecule has 0 radical (unpaired) electrons. The molecule has 3 aromatic carbocycles. The molecular formula is C66H68F6I2N14O6. The lowest BCUT2D eigenvalue weighted by Crippen LogP contribution is -2.45. The number of hydrogen-bond acceptors (Lipinski definition) is 19. The number of ether oxygens (including phenoxy) is 3. The SMILES string of the molecule is CC(C)(C)OC(=O)COCC1(F)CCN(c2cncc(N(c3ccccc3)c3cccc(F)n3)n2)CC1.Fc1cccc(Nc2ccccc2)n1.II.Nc1cccc(F)n1.O=C(O)COCC1(F)CCN(c2cncc(N(c3ccccc3)c3cccc(F)n3)n2)CC1. The third-order valence-corrected chi connectivity index (χ3v) is 13.6. The maximum Gasteiger partial charge on any atom is 0.332 e. The first kappa shape index (κ1) is 72.5. The van der Waals surface area contributed by atoms with Crippen LogP contribution >= 0.6 is 37.2 Å². The van der Waals surface area contributed by atoms with E-state index in [4.69, 9.17) is 35.0 Å². The molecule has 28 heteroatoms. The van der Waals surface area contributed by atoms with Gasteiger partial charge < -0.3 is 40.2 Å². The molecule has 0 amide bonds. The number of benzene rings is 3. The Morgan fingerprint density at radius 1 is 0.532 bits per heavy atom. The third kappa shape index (κ3) is 23.6. The van der Waals surface area contributed by atoms with E-state index in [0.29, 0.717) is 66.9 Å². The summed E-state index contributed by atoms with van der Waals surface area (Å²) < 4.78 is 98.3. The summed E-state index contributed by atoms with van der Waals surface area (Å²) in [5, 5.41) is 11.7. The maximum atomic E-state index is 15.3. The largest absolute Gasteiger partial charge is 0.480 e. The van der Waals surface area contributed by atoms with Gasteiger partial charge in [-0.2, -0.15) is 17.6 Å². The first-order valence-corrected chi connectivity index (χ1v) is 35.5. The van der Waals surface area contributed by atoms with E-state index in [1.54, 1.807) is 91.8 Å². The Morgan fingerprint density at radius 3 is 1.33 bits per heavy atom. The Kier molecular flexibility index (Phi) is 27.8. The molecule has 0 aliphatic carbocycles. The number of anilines is 11. The minimum atomic E-state index is -1.58. The smallest absolute Gasteiger partial charge is 0.332 e. The predicted octanol–water partition coefficient (Wildman–Crippen LogP) is 14.6. The van der Waals surface area contributed by atoms with Gasteiger partial charge in [0.25, 0.3) is 0 Å². The van der Waals surface area contributed by atoms with Crippen LogP contribution < -0.4 is 30.7 Å². The lowest BCUT2D eigenvalue weighted by Gasteiger charge is -2.37. The second-order valence-corrected chi connectivity index (χ2v) is 21.9. The Morgan fingerprint density at radius 2 is 0.936 bits per heavy atom. The maximum absolute atomic E-state index is 15.3. The molecule has 0 spiro atoms. The van der Waals surface area contributed by atoms with Crippen molar-refractivity contribution in [2.45, 2.75) is 63.4 Å². The molecular weight excluding hydrogens is 1450 g/mol. The summed E-state index contributed by atoms with van der Waals surface area (Å²) in [5.41, 5.74) is 3.73. The fraction of sp³-hybridized carbons (Fsp3) is 0.273. The summed E-state index contributed by atoms with van der Waals surface area (Å²) in [6, 6.07) is 46.2. The van der Waals surface area contributed by atoms with Gasteiger partial charge in [0.2, 0.25) is 23.8 Å².